The van der Waals surface area contributed by atoms with E-state index >= 15 is 0 Å². The Morgan fingerprint density at radius 3 is 2.06 bits per heavy atom. The number of hydrogen-bond acceptors (Lipinski definition) is 2. The van der Waals surface area contributed by atoms with Crippen LogP contribution in [0.1, 0.15) is 57.6 Å². The monoisotopic (exact) mass is 249 g/mol. The Morgan fingerprint density at radius 2 is 1.67 bits per heavy atom. The van der Waals surface area contributed by atoms with Gasteiger partial charge in [0.05, 0.1) is 12.2 Å². The third kappa shape index (κ3) is 3.82. The molecular weight excluding hydrogens is 222 g/mol. The summed E-state index contributed by atoms with van der Waals surface area (Å²) < 4.78 is 6.04. The second-order valence-electron chi connectivity index (χ2n) is 5.28. The Kier molecular flexibility index (Phi) is 5.83. The van der Waals surface area contributed by atoms with E-state index in [4.69, 9.17) is 10.5 Å². The molecule has 0 fully saturated rings. The van der Waals surface area contributed by atoms with E-state index in [0.717, 1.165) is 12.8 Å². The minimum absolute atomic E-state index is 0.156. The van der Waals surface area contributed by atoms with Crippen molar-refractivity contribution < 1.29 is 4.74 Å². The first-order valence-electron chi connectivity index (χ1n) is 6.99. The van der Waals surface area contributed by atoms with Gasteiger partial charge in [0.2, 0.25) is 0 Å². The highest BCUT2D eigenvalue weighted by Crippen LogP contribution is 2.22. The number of hydrogen-bond donors (Lipinski definition) is 1. The van der Waals surface area contributed by atoms with Crippen molar-refractivity contribution in [3.63, 3.8) is 0 Å². The zero-order chi connectivity index (χ0) is 13.6. The van der Waals surface area contributed by atoms with E-state index in [1.54, 1.807) is 0 Å². The van der Waals surface area contributed by atoms with Crippen LogP contribution in [0.4, 0.5) is 0 Å². The van der Waals surface area contributed by atoms with Gasteiger partial charge < -0.3 is 10.5 Å². The topological polar surface area (TPSA) is 35.2 Å². The minimum atomic E-state index is -0.156. The van der Waals surface area contributed by atoms with Gasteiger partial charge in [0.25, 0.3) is 0 Å². The molecule has 18 heavy (non-hydrogen) atoms. The van der Waals surface area contributed by atoms with Gasteiger partial charge in [0.15, 0.2) is 0 Å². The van der Waals surface area contributed by atoms with Crippen LogP contribution in [-0.2, 0) is 11.3 Å². The van der Waals surface area contributed by atoms with Crippen LogP contribution in [0, 0.1) is 0 Å². The highest BCUT2D eigenvalue weighted by molar-refractivity contribution is 5.24. The molecule has 1 aromatic rings. The van der Waals surface area contributed by atoms with Gasteiger partial charge in [-0.1, -0.05) is 52.0 Å². The number of nitrogens with two attached hydrogens (primary N) is 1. The molecule has 1 aromatic carbocycles. The summed E-state index contributed by atoms with van der Waals surface area (Å²) in [5.41, 5.74) is 8.27. The van der Waals surface area contributed by atoms with E-state index in [1.807, 2.05) is 0 Å². The second-order valence-corrected chi connectivity index (χ2v) is 5.28. The third-order valence-corrected chi connectivity index (χ3v) is 3.85. The van der Waals surface area contributed by atoms with E-state index < -0.39 is 0 Å². The molecule has 0 heterocycles. The van der Waals surface area contributed by atoms with Gasteiger partial charge in [-0.05, 0) is 29.9 Å². The minimum Gasteiger partial charge on any atom is -0.369 e. The number of ether oxygens (including phenoxy) is 1. The Bertz CT molecular complexity index is 330. The summed E-state index contributed by atoms with van der Waals surface area (Å²) >= 11 is 0. The molecule has 0 aromatic heterocycles. The first-order chi connectivity index (χ1) is 8.56. The molecule has 0 spiro atoms. The van der Waals surface area contributed by atoms with Gasteiger partial charge in [-0.2, -0.15) is 0 Å². The van der Waals surface area contributed by atoms with Gasteiger partial charge in [0.1, 0.15) is 0 Å². The normalized spacial score (nSPS) is 12.1. The molecule has 0 atom stereocenters. The van der Waals surface area contributed by atoms with Crippen molar-refractivity contribution in [2.75, 3.05) is 6.54 Å². The van der Waals surface area contributed by atoms with Crippen LogP contribution in [-0.4, -0.2) is 12.1 Å². The summed E-state index contributed by atoms with van der Waals surface area (Å²) in [4.78, 5) is 0. The van der Waals surface area contributed by atoms with Crippen molar-refractivity contribution in [3.8, 4) is 0 Å². The summed E-state index contributed by atoms with van der Waals surface area (Å²) in [6.07, 6.45) is 1.92. The molecule has 0 saturated heterocycles. The van der Waals surface area contributed by atoms with Crippen molar-refractivity contribution in [3.05, 3.63) is 35.4 Å². The molecule has 0 aliphatic rings. The molecule has 2 heteroatoms. The lowest BCUT2D eigenvalue weighted by atomic mass is 9.97. The Hall–Kier alpha value is -0.860. The lowest BCUT2D eigenvalue weighted by molar-refractivity contribution is -0.0553. The average molecular weight is 249 g/mol. The van der Waals surface area contributed by atoms with Crippen LogP contribution in [0.3, 0.4) is 0 Å². The summed E-state index contributed by atoms with van der Waals surface area (Å²) in [6, 6.07) is 8.68. The zero-order valence-corrected chi connectivity index (χ0v) is 12.2. The maximum absolute atomic E-state index is 6.04. The van der Waals surface area contributed by atoms with Crippen LogP contribution in [0.2, 0.25) is 0 Å². The molecule has 0 bridgehead atoms. The van der Waals surface area contributed by atoms with E-state index in [-0.39, 0.29) is 5.60 Å². The smallest absolute Gasteiger partial charge is 0.0803 e. The highest BCUT2D eigenvalue weighted by atomic mass is 16.5. The predicted octanol–water partition coefficient (Wildman–Crippen LogP) is 3.84. The fourth-order valence-electron chi connectivity index (χ4n) is 2.04. The zero-order valence-electron chi connectivity index (χ0n) is 12.2. The predicted molar refractivity (Wildman–Crippen MR) is 77.7 cm³/mol. The van der Waals surface area contributed by atoms with Crippen LogP contribution < -0.4 is 5.73 Å². The van der Waals surface area contributed by atoms with Gasteiger partial charge in [-0.15, -0.1) is 0 Å². The third-order valence-electron chi connectivity index (χ3n) is 3.85. The van der Waals surface area contributed by atoms with Crippen LogP contribution >= 0.6 is 0 Å². The van der Waals surface area contributed by atoms with Crippen LogP contribution in [0.5, 0.6) is 0 Å². The van der Waals surface area contributed by atoms with E-state index in [1.165, 1.54) is 11.1 Å². The van der Waals surface area contributed by atoms with Crippen LogP contribution in [0.25, 0.3) is 0 Å². The highest BCUT2D eigenvalue weighted by Gasteiger charge is 2.24. The lowest BCUT2D eigenvalue weighted by Gasteiger charge is -2.30. The fourth-order valence-corrected chi connectivity index (χ4v) is 2.04. The molecule has 1 rings (SSSR count). The molecule has 0 aliphatic heterocycles. The quantitative estimate of drug-likeness (QED) is 0.796. The Balaban J connectivity index is 2.62. The van der Waals surface area contributed by atoms with Gasteiger partial charge in [-0.3, -0.25) is 0 Å². The average Bonchev–Trinajstić information content (AvgIpc) is 2.41. The van der Waals surface area contributed by atoms with Crippen LogP contribution in [0.15, 0.2) is 24.3 Å². The van der Waals surface area contributed by atoms with Gasteiger partial charge >= 0.3 is 0 Å². The van der Waals surface area contributed by atoms with Gasteiger partial charge in [-0.25, -0.2) is 0 Å². The first-order valence-corrected chi connectivity index (χ1v) is 6.99. The molecule has 2 nitrogen and oxygen atoms in total. The van der Waals surface area contributed by atoms with E-state index in [2.05, 4.69) is 52.0 Å². The number of benzene rings is 1. The molecule has 0 saturated carbocycles. The van der Waals surface area contributed by atoms with Crippen molar-refractivity contribution in [2.45, 2.75) is 58.7 Å². The van der Waals surface area contributed by atoms with Crippen molar-refractivity contribution in [1.29, 1.82) is 0 Å². The maximum Gasteiger partial charge on any atom is 0.0803 e. The van der Waals surface area contributed by atoms with E-state index in [0.29, 0.717) is 19.1 Å². The second kappa shape index (κ2) is 6.91. The van der Waals surface area contributed by atoms with Gasteiger partial charge in [0, 0.05) is 6.54 Å². The molecular formula is C16H27NO. The lowest BCUT2D eigenvalue weighted by Crippen LogP contribution is -2.39. The first kappa shape index (κ1) is 15.2. The SMILES string of the molecule is CCC(CC)(CN)OCc1ccc(C(C)C)cc1. The Morgan fingerprint density at radius 1 is 1.11 bits per heavy atom. The molecule has 0 unspecified atom stereocenters. The molecule has 102 valence electrons. The summed E-state index contributed by atoms with van der Waals surface area (Å²) in [5.74, 6) is 0.578. The largest absolute Gasteiger partial charge is 0.369 e. The number of rotatable bonds is 7. The van der Waals surface area contributed by atoms with Crippen molar-refractivity contribution in [2.24, 2.45) is 5.73 Å². The fraction of sp³-hybridized carbons (Fsp3) is 0.625. The Labute approximate surface area is 112 Å². The van der Waals surface area contributed by atoms with E-state index in [9.17, 15) is 0 Å². The molecule has 2 N–H and O–H groups in total. The molecule has 0 amide bonds. The van der Waals surface area contributed by atoms with Crippen molar-refractivity contribution >= 4 is 0 Å². The molecule has 0 aliphatic carbocycles. The standard InChI is InChI=1S/C16H27NO/c1-5-16(6-2,12-17)18-11-14-7-9-15(10-8-14)13(3)4/h7-10,13H,5-6,11-12,17H2,1-4H3. The summed E-state index contributed by atoms with van der Waals surface area (Å²) in [7, 11) is 0. The molecule has 0 radical (unpaired) electrons. The summed E-state index contributed by atoms with van der Waals surface area (Å²) in [5, 5.41) is 0. The van der Waals surface area contributed by atoms with Crippen molar-refractivity contribution in [1.82, 2.24) is 0 Å². The maximum atomic E-state index is 6.04. The summed E-state index contributed by atoms with van der Waals surface area (Å²) in [6.45, 7) is 9.93.